The number of ether oxygens (including phenoxy) is 2. The van der Waals surface area contributed by atoms with Crippen molar-refractivity contribution in [2.45, 2.75) is 18.9 Å². The van der Waals surface area contributed by atoms with E-state index in [4.69, 9.17) is 0 Å². The minimum absolute atomic E-state index is 0.119. The van der Waals surface area contributed by atoms with Gasteiger partial charge in [-0.2, -0.15) is 0 Å². The zero-order valence-corrected chi connectivity index (χ0v) is 11.7. The van der Waals surface area contributed by atoms with Crippen LogP contribution in [0.3, 0.4) is 0 Å². The Kier molecular flexibility index (Phi) is 6.32. The predicted octanol–water partition coefficient (Wildman–Crippen LogP) is 0.589. The van der Waals surface area contributed by atoms with Gasteiger partial charge in [-0.3, -0.25) is 9.59 Å². The summed E-state index contributed by atoms with van der Waals surface area (Å²) in [6.07, 6.45) is -0.454. The lowest BCUT2D eigenvalue weighted by molar-refractivity contribution is -0.150. The topological polar surface area (TPSA) is 81.7 Å². The molecule has 1 aromatic carbocycles. The van der Waals surface area contributed by atoms with E-state index in [0.29, 0.717) is 5.56 Å². The summed E-state index contributed by atoms with van der Waals surface area (Å²) < 4.78 is 22.0. The van der Waals surface area contributed by atoms with Crippen LogP contribution in [0, 0.1) is 5.82 Å². The van der Waals surface area contributed by atoms with Crippen molar-refractivity contribution in [3.05, 3.63) is 35.6 Å². The number of halogens is 1. The van der Waals surface area contributed by atoms with E-state index in [1.54, 1.807) is 6.07 Å². The zero-order chi connectivity index (χ0) is 15.8. The molecule has 0 radical (unpaired) electrons. The van der Waals surface area contributed by atoms with Gasteiger partial charge in [0.2, 0.25) is 5.91 Å². The fourth-order valence-corrected chi connectivity index (χ4v) is 1.66. The van der Waals surface area contributed by atoms with Gasteiger partial charge in [0, 0.05) is 0 Å². The van der Waals surface area contributed by atoms with Gasteiger partial charge in [0.25, 0.3) is 0 Å². The van der Waals surface area contributed by atoms with E-state index in [2.05, 4.69) is 14.8 Å². The van der Waals surface area contributed by atoms with Crippen molar-refractivity contribution in [1.82, 2.24) is 5.32 Å². The van der Waals surface area contributed by atoms with Gasteiger partial charge in [-0.25, -0.2) is 9.18 Å². The first-order valence-corrected chi connectivity index (χ1v) is 6.14. The first kappa shape index (κ1) is 16.6. The first-order chi connectivity index (χ1) is 9.96. The number of nitrogens with one attached hydrogen (secondary N) is 1. The van der Waals surface area contributed by atoms with Crippen LogP contribution < -0.4 is 5.32 Å². The average Bonchev–Trinajstić information content (AvgIpc) is 2.45. The van der Waals surface area contributed by atoms with Crippen LogP contribution in [0.5, 0.6) is 0 Å². The molecule has 0 aliphatic heterocycles. The molecule has 0 aliphatic carbocycles. The zero-order valence-electron chi connectivity index (χ0n) is 11.7. The summed E-state index contributed by atoms with van der Waals surface area (Å²) in [6.45, 7) is 0. The molecule has 0 unspecified atom stereocenters. The number of esters is 2. The number of methoxy groups -OCH3 is 2. The van der Waals surface area contributed by atoms with E-state index < -0.39 is 29.7 Å². The Morgan fingerprint density at radius 3 is 2.52 bits per heavy atom. The molecule has 0 spiro atoms. The second-order valence-electron chi connectivity index (χ2n) is 4.23. The molecule has 1 rings (SSSR count). The van der Waals surface area contributed by atoms with Crippen molar-refractivity contribution in [3.63, 3.8) is 0 Å². The lowest BCUT2D eigenvalue weighted by atomic mass is 10.1. The molecule has 1 atom stereocenters. The second-order valence-corrected chi connectivity index (χ2v) is 4.23. The molecule has 0 heterocycles. The number of hydrogen-bond donors (Lipinski definition) is 1. The highest BCUT2D eigenvalue weighted by Gasteiger charge is 2.25. The number of carbonyl (C=O) groups is 3. The molecule has 0 aromatic heterocycles. The molecule has 21 heavy (non-hydrogen) atoms. The lowest BCUT2D eigenvalue weighted by Crippen LogP contribution is -2.43. The van der Waals surface area contributed by atoms with Crippen LogP contribution in [-0.2, 0) is 30.3 Å². The predicted molar refractivity (Wildman–Crippen MR) is 70.7 cm³/mol. The van der Waals surface area contributed by atoms with E-state index in [1.165, 1.54) is 25.3 Å². The van der Waals surface area contributed by atoms with E-state index >= 15 is 0 Å². The Morgan fingerprint density at radius 2 is 1.95 bits per heavy atom. The number of rotatable bonds is 6. The van der Waals surface area contributed by atoms with Crippen molar-refractivity contribution in [3.8, 4) is 0 Å². The van der Waals surface area contributed by atoms with E-state index in [9.17, 15) is 18.8 Å². The molecular formula is C14H16FNO5. The highest BCUT2D eigenvalue weighted by atomic mass is 19.1. The Bertz CT molecular complexity index is 532. The van der Waals surface area contributed by atoms with Crippen LogP contribution >= 0.6 is 0 Å². The maximum Gasteiger partial charge on any atom is 0.328 e. The molecule has 114 valence electrons. The molecule has 1 N–H and O–H groups in total. The molecule has 0 bridgehead atoms. The monoisotopic (exact) mass is 297 g/mol. The normalized spacial score (nSPS) is 11.4. The lowest BCUT2D eigenvalue weighted by Gasteiger charge is -2.15. The van der Waals surface area contributed by atoms with Crippen LogP contribution in [0.2, 0.25) is 0 Å². The molecule has 1 amide bonds. The summed E-state index contributed by atoms with van der Waals surface area (Å²) in [7, 11) is 2.32. The molecule has 0 aliphatic rings. The van der Waals surface area contributed by atoms with Crippen LogP contribution in [-0.4, -0.2) is 38.1 Å². The standard InChI is InChI=1S/C14H16FNO5/c1-20-13(18)8-11(14(19)21-2)16-12(17)7-9-4-3-5-10(15)6-9/h3-6,11H,7-8H2,1-2H3,(H,16,17)/t11-/m1/s1. The highest BCUT2D eigenvalue weighted by Crippen LogP contribution is 2.05. The quantitative estimate of drug-likeness (QED) is 0.777. The number of benzene rings is 1. The van der Waals surface area contributed by atoms with Gasteiger partial charge >= 0.3 is 11.9 Å². The summed E-state index contributed by atoms with van der Waals surface area (Å²) in [5.74, 6) is -2.40. The largest absolute Gasteiger partial charge is 0.469 e. The van der Waals surface area contributed by atoms with Gasteiger partial charge in [-0.05, 0) is 17.7 Å². The summed E-state index contributed by atoms with van der Waals surface area (Å²) in [6, 6.07) is 4.40. The van der Waals surface area contributed by atoms with Crippen molar-refractivity contribution >= 4 is 17.8 Å². The van der Waals surface area contributed by atoms with Gasteiger partial charge in [0.1, 0.15) is 11.9 Å². The van der Waals surface area contributed by atoms with Gasteiger partial charge in [0.15, 0.2) is 0 Å². The van der Waals surface area contributed by atoms with Crippen LogP contribution in [0.1, 0.15) is 12.0 Å². The fraction of sp³-hybridized carbons (Fsp3) is 0.357. The Morgan fingerprint density at radius 1 is 1.24 bits per heavy atom. The molecule has 6 nitrogen and oxygen atoms in total. The maximum absolute atomic E-state index is 13.0. The van der Waals surface area contributed by atoms with Crippen LogP contribution in [0.4, 0.5) is 4.39 Å². The van der Waals surface area contributed by atoms with Gasteiger partial charge in [-0.15, -0.1) is 0 Å². The number of hydrogen-bond acceptors (Lipinski definition) is 5. The molecule has 0 saturated carbocycles. The van der Waals surface area contributed by atoms with E-state index in [-0.39, 0.29) is 12.8 Å². The first-order valence-electron chi connectivity index (χ1n) is 6.14. The van der Waals surface area contributed by atoms with E-state index in [1.807, 2.05) is 0 Å². The summed E-state index contributed by atoms with van der Waals surface area (Å²) in [5, 5.41) is 2.36. The molecule has 0 saturated heterocycles. The summed E-state index contributed by atoms with van der Waals surface area (Å²) in [4.78, 5) is 34.5. The Balaban J connectivity index is 2.67. The third kappa shape index (κ3) is 5.60. The molecular weight excluding hydrogens is 281 g/mol. The molecule has 7 heteroatoms. The molecule has 0 fully saturated rings. The minimum atomic E-state index is -1.14. The SMILES string of the molecule is COC(=O)C[C@@H](NC(=O)Cc1cccc(F)c1)C(=O)OC. The third-order valence-electron chi connectivity index (χ3n) is 2.67. The van der Waals surface area contributed by atoms with Crippen molar-refractivity contribution in [1.29, 1.82) is 0 Å². The van der Waals surface area contributed by atoms with Gasteiger partial charge in [0.05, 0.1) is 27.1 Å². The third-order valence-corrected chi connectivity index (χ3v) is 2.67. The van der Waals surface area contributed by atoms with Gasteiger partial charge < -0.3 is 14.8 Å². The molecule has 1 aromatic rings. The van der Waals surface area contributed by atoms with Crippen molar-refractivity contribution in [2.24, 2.45) is 0 Å². The average molecular weight is 297 g/mol. The second kappa shape index (κ2) is 7.98. The van der Waals surface area contributed by atoms with E-state index in [0.717, 1.165) is 7.11 Å². The smallest absolute Gasteiger partial charge is 0.328 e. The Hall–Kier alpha value is -2.44. The van der Waals surface area contributed by atoms with Crippen molar-refractivity contribution in [2.75, 3.05) is 14.2 Å². The number of amides is 1. The minimum Gasteiger partial charge on any atom is -0.469 e. The summed E-state index contributed by atoms with van der Waals surface area (Å²) >= 11 is 0. The fourth-order valence-electron chi connectivity index (χ4n) is 1.66. The maximum atomic E-state index is 13.0. The van der Waals surface area contributed by atoms with Gasteiger partial charge in [-0.1, -0.05) is 12.1 Å². The van der Waals surface area contributed by atoms with Crippen molar-refractivity contribution < 1.29 is 28.2 Å². The van der Waals surface area contributed by atoms with Crippen LogP contribution in [0.15, 0.2) is 24.3 Å². The highest BCUT2D eigenvalue weighted by molar-refractivity contribution is 5.88. The summed E-state index contributed by atoms with van der Waals surface area (Å²) in [5.41, 5.74) is 0.453. The Labute approximate surface area is 121 Å². The number of carbonyl (C=O) groups excluding carboxylic acids is 3. The van der Waals surface area contributed by atoms with Crippen LogP contribution in [0.25, 0.3) is 0 Å².